The van der Waals surface area contributed by atoms with Gasteiger partial charge < -0.3 is 23.7 Å². The average molecular weight is 422 g/mol. The number of benzene rings is 2. The van der Waals surface area contributed by atoms with Crippen LogP contribution in [0.1, 0.15) is 27.8 Å². The quantitative estimate of drug-likeness (QED) is 0.677. The monoisotopic (exact) mass is 422 g/mol. The van der Waals surface area contributed by atoms with Crippen LogP contribution < -0.4 is 14.2 Å². The molecule has 0 radical (unpaired) electrons. The van der Waals surface area contributed by atoms with Gasteiger partial charge in [-0.2, -0.15) is 0 Å². The Bertz CT molecular complexity index is 1150. The Labute approximate surface area is 179 Å². The number of ether oxygens (including phenoxy) is 5. The van der Waals surface area contributed by atoms with Crippen molar-refractivity contribution in [3.8, 4) is 17.2 Å². The lowest BCUT2D eigenvalue weighted by Gasteiger charge is -2.14. The topological polar surface area (TPSA) is 80.3 Å². The molecular weight excluding hydrogens is 400 g/mol. The number of esters is 2. The van der Waals surface area contributed by atoms with Crippen molar-refractivity contribution < 1.29 is 33.3 Å². The minimum Gasteiger partial charge on any atom is -0.493 e. The van der Waals surface area contributed by atoms with Crippen LogP contribution in [0.25, 0.3) is 11.5 Å². The van der Waals surface area contributed by atoms with Crippen molar-refractivity contribution in [3.63, 3.8) is 0 Å². The van der Waals surface area contributed by atoms with E-state index in [1.807, 2.05) is 32.9 Å². The van der Waals surface area contributed by atoms with Gasteiger partial charge in [0.1, 0.15) is 11.1 Å². The molecule has 4 rings (SSSR count). The second kappa shape index (κ2) is 7.50. The molecule has 0 aliphatic carbocycles. The van der Waals surface area contributed by atoms with Crippen LogP contribution in [0.2, 0.25) is 0 Å². The molecule has 160 valence electrons. The summed E-state index contributed by atoms with van der Waals surface area (Å²) >= 11 is 0. The molecule has 31 heavy (non-hydrogen) atoms. The van der Waals surface area contributed by atoms with Gasteiger partial charge in [0.15, 0.2) is 23.0 Å². The highest BCUT2D eigenvalue weighted by Crippen LogP contribution is 2.47. The summed E-state index contributed by atoms with van der Waals surface area (Å²) in [5, 5.41) is 0. The molecule has 2 aromatic rings. The predicted molar refractivity (Wildman–Crippen MR) is 113 cm³/mol. The van der Waals surface area contributed by atoms with Gasteiger partial charge in [-0.3, -0.25) is 0 Å². The lowest BCUT2D eigenvalue weighted by atomic mass is 9.97. The first-order valence-corrected chi connectivity index (χ1v) is 9.62. The summed E-state index contributed by atoms with van der Waals surface area (Å²) in [6.45, 7) is 5.96. The molecule has 0 spiro atoms. The summed E-state index contributed by atoms with van der Waals surface area (Å²) < 4.78 is 27.2. The van der Waals surface area contributed by atoms with Gasteiger partial charge in [0.05, 0.1) is 21.3 Å². The van der Waals surface area contributed by atoms with Crippen LogP contribution in [-0.2, 0) is 19.1 Å². The molecule has 0 fully saturated rings. The van der Waals surface area contributed by atoms with Crippen LogP contribution in [-0.4, -0.2) is 33.3 Å². The lowest BCUT2D eigenvalue weighted by Crippen LogP contribution is -2.03. The number of hydrogen-bond donors (Lipinski definition) is 0. The average Bonchev–Trinajstić information content (AvgIpc) is 3.28. The van der Waals surface area contributed by atoms with E-state index >= 15 is 0 Å². The summed E-state index contributed by atoms with van der Waals surface area (Å²) in [6, 6.07) is 7.02. The van der Waals surface area contributed by atoms with E-state index in [2.05, 4.69) is 0 Å². The van der Waals surface area contributed by atoms with Crippen molar-refractivity contribution >= 4 is 23.5 Å². The van der Waals surface area contributed by atoms with Crippen molar-refractivity contribution in [2.75, 3.05) is 21.3 Å². The fourth-order valence-corrected chi connectivity index (χ4v) is 3.79. The smallest absolute Gasteiger partial charge is 0.348 e. The summed E-state index contributed by atoms with van der Waals surface area (Å²) in [5.41, 5.74) is 4.51. The van der Waals surface area contributed by atoms with Crippen LogP contribution in [0, 0.1) is 20.8 Å². The number of methoxy groups -OCH3 is 3. The third-order valence-electron chi connectivity index (χ3n) is 5.62. The fourth-order valence-electron chi connectivity index (χ4n) is 3.79. The normalized spacial score (nSPS) is 15.2. The Hall–Kier alpha value is -3.74. The Morgan fingerprint density at radius 3 is 1.45 bits per heavy atom. The van der Waals surface area contributed by atoms with E-state index in [0.717, 1.165) is 16.7 Å². The maximum absolute atomic E-state index is 12.8. The maximum Gasteiger partial charge on any atom is 0.348 e. The zero-order chi connectivity index (χ0) is 22.4. The third-order valence-corrected chi connectivity index (χ3v) is 5.62. The Balaban J connectivity index is 1.92. The zero-order valence-electron chi connectivity index (χ0n) is 18.2. The minimum absolute atomic E-state index is 0.0881. The predicted octanol–water partition coefficient (Wildman–Crippen LogP) is 3.87. The van der Waals surface area contributed by atoms with Crippen molar-refractivity contribution in [2.24, 2.45) is 0 Å². The number of carbonyl (C=O) groups is 2. The molecule has 7 nitrogen and oxygen atoms in total. The van der Waals surface area contributed by atoms with Gasteiger partial charge >= 0.3 is 11.9 Å². The number of aryl methyl sites for hydroxylation is 2. The van der Waals surface area contributed by atoms with Crippen LogP contribution in [0.15, 0.2) is 35.4 Å². The van der Waals surface area contributed by atoms with E-state index in [0.29, 0.717) is 28.4 Å². The van der Waals surface area contributed by atoms with Gasteiger partial charge in [0, 0.05) is 11.1 Å². The summed E-state index contributed by atoms with van der Waals surface area (Å²) in [6.07, 6.45) is 0. The van der Waals surface area contributed by atoms with Crippen LogP contribution in [0.5, 0.6) is 17.2 Å². The molecule has 2 aliphatic heterocycles. The fraction of sp³-hybridized carbons (Fsp3) is 0.250. The molecule has 0 amide bonds. The molecule has 2 heterocycles. The number of hydrogen-bond acceptors (Lipinski definition) is 7. The number of fused-ring (bicyclic) bond motifs is 1. The summed E-state index contributed by atoms with van der Waals surface area (Å²) in [4.78, 5) is 25.6. The molecule has 0 N–H and O–H groups in total. The minimum atomic E-state index is -0.643. The van der Waals surface area contributed by atoms with E-state index in [4.69, 9.17) is 23.7 Å². The van der Waals surface area contributed by atoms with Gasteiger partial charge in [-0.1, -0.05) is 0 Å². The number of cyclic esters (lactones) is 2. The first-order valence-electron chi connectivity index (χ1n) is 9.62. The van der Waals surface area contributed by atoms with Gasteiger partial charge in [0.25, 0.3) is 0 Å². The lowest BCUT2D eigenvalue weighted by molar-refractivity contribution is -0.131. The van der Waals surface area contributed by atoms with E-state index in [1.54, 1.807) is 12.1 Å². The third kappa shape index (κ3) is 3.13. The van der Waals surface area contributed by atoms with Crippen LogP contribution in [0.3, 0.4) is 0 Å². The zero-order valence-corrected chi connectivity index (χ0v) is 18.2. The Kier molecular flexibility index (Phi) is 4.97. The van der Waals surface area contributed by atoms with E-state index in [1.165, 1.54) is 21.3 Å². The number of rotatable bonds is 5. The van der Waals surface area contributed by atoms with Gasteiger partial charge in [-0.05, 0) is 61.7 Å². The number of carbonyl (C=O) groups excluding carboxylic acids is 2. The van der Waals surface area contributed by atoms with Crippen LogP contribution in [0.4, 0.5) is 0 Å². The van der Waals surface area contributed by atoms with Crippen LogP contribution >= 0.6 is 0 Å². The van der Waals surface area contributed by atoms with Crippen molar-refractivity contribution in [1.29, 1.82) is 0 Å². The molecule has 0 aromatic heterocycles. The van der Waals surface area contributed by atoms with Gasteiger partial charge in [-0.25, -0.2) is 9.59 Å². The first kappa shape index (κ1) is 20.5. The molecule has 0 unspecified atom stereocenters. The second-order valence-electron chi connectivity index (χ2n) is 7.34. The first-order chi connectivity index (χ1) is 14.8. The highest BCUT2D eigenvalue weighted by molar-refractivity contribution is 6.24. The molecular formula is C24H22O7. The standard InChI is InChI=1S/C24H22O7/c1-11-7-14(8-12(2)13(11)3)20-18-19(24(26)30-20)21(31-23(18)25)15-9-16(27-4)22(29-6)17(10-15)28-5/h7-10H,1-6H3. The van der Waals surface area contributed by atoms with Crippen molar-refractivity contribution in [2.45, 2.75) is 20.8 Å². The van der Waals surface area contributed by atoms with Gasteiger partial charge in [-0.15, -0.1) is 0 Å². The molecule has 0 bridgehead atoms. The summed E-state index contributed by atoms with van der Waals surface area (Å²) in [5.74, 6) is 0.147. The second-order valence-corrected chi connectivity index (χ2v) is 7.34. The SMILES string of the molecule is COc1cc(C2=C3C(=O)OC(c4cc(C)c(C)c(C)c4)=C3C(=O)O2)cc(OC)c1OC. The molecule has 0 atom stereocenters. The van der Waals surface area contributed by atoms with Crippen molar-refractivity contribution in [1.82, 2.24) is 0 Å². The largest absolute Gasteiger partial charge is 0.493 e. The van der Waals surface area contributed by atoms with Gasteiger partial charge in [0.2, 0.25) is 5.75 Å². The molecule has 2 aliphatic rings. The molecule has 0 saturated carbocycles. The van der Waals surface area contributed by atoms with Crippen molar-refractivity contribution in [3.05, 3.63) is 63.2 Å². The Morgan fingerprint density at radius 2 is 1.06 bits per heavy atom. The van der Waals surface area contributed by atoms with E-state index < -0.39 is 11.9 Å². The maximum atomic E-state index is 12.8. The molecule has 2 aromatic carbocycles. The Morgan fingerprint density at radius 1 is 0.645 bits per heavy atom. The highest BCUT2D eigenvalue weighted by Gasteiger charge is 2.45. The summed E-state index contributed by atoms with van der Waals surface area (Å²) in [7, 11) is 4.45. The molecule has 7 heteroatoms. The highest BCUT2D eigenvalue weighted by atomic mass is 16.6. The molecule has 0 saturated heterocycles. The van der Waals surface area contributed by atoms with E-state index in [9.17, 15) is 9.59 Å². The van der Waals surface area contributed by atoms with E-state index in [-0.39, 0.29) is 22.7 Å².